The average molecular weight is 196 g/mol. The van der Waals surface area contributed by atoms with Gasteiger partial charge in [-0.3, -0.25) is 0 Å². The lowest BCUT2D eigenvalue weighted by Gasteiger charge is -1.94. The number of hydrogen-bond donors (Lipinski definition) is 0. The van der Waals surface area contributed by atoms with Crippen molar-refractivity contribution in [3.8, 4) is 0 Å². The van der Waals surface area contributed by atoms with Crippen molar-refractivity contribution in [1.29, 1.82) is 0 Å². The maximum absolute atomic E-state index is 4.75. The fourth-order valence-corrected chi connectivity index (χ4v) is 0.204. The molecular formula is C11H32O2. The fraction of sp³-hybridized carbons (Fsp3) is 1.00. The Hall–Kier alpha value is -0.0800. The lowest BCUT2D eigenvalue weighted by atomic mass is 10.5. The maximum atomic E-state index is 4.75. The zero-order chi connectivity index (χ0) is 8.41. The third kappa shape index (κ3) is 76.3. The monoisotopic (exact) mass is 196 g/mol. The number of hydrogen-bond acceptors (Lipinski definition) is 2. The van der Waals surface area contributed by atoms with Gasteiger partial charge in [-0.2, -0.15) is 0 Å². The summed E-state index contributed by atoms with van der Waals surface area (Å²) in [5.41, 5.74) is 0. The highest BCUT2D eigenvalue weighted by atomic mass is 16.5. The van der Waals surface area contributed by atoms with Gasteiger partial charge in [-0.1, -0.05) is 29.2 Å². The van der Waals surface area contributed by atoms with Crippen LogP contribution in [0, 0.1) is 0 Å². The summed E-state index contributed by atoms with van der Waals surface area (Å²) >= 11 is 0. The molecule has 2 nitrogen and oxygen atoms in total. The molecule has 0 aromatic heterocycles. The van der Waals surface area contributed by atoms with E-state index in [1.54, 1.807) is 14.2 Å². The summed E-state index contributed by atoms with van der Waals surface area (Å²) in [4.78, 5) is 0. The molecule has 0 radical (unpaired) electrons. The van der Waals surface area contributed by atoms with Crippen LogP contribution in [0.25, 0.3) is 0 Å². The van der Waals surface area contributed by atoms with Crippen LogP contribution in [0.2, 0.25) is 0 Å². The van der Waals surface area contributed by atoms with Gasteiger partial charge in [0.2, 0.25) is 0 Å². The molecule has 0 heterocycles. The first-order valence-corrected chi connectivity index (χ1v) is 3.70. The minimum Gasteiger partial charge on any atom is -0.385 e. The molecule has 0 amide bonds. The molecule has 0 aliphatic heterocycles. The van der Waals surface area contributed by atoms with Gasteiger partial charge in [0.05, 0.1) is 6.10 Å². The Balaban J connectivity index is -0.0000000267. The zero-order valence-electron chi connectivity index (χ0n) is 7.81. The standard InChI is InChI=1S/2C4H10O.3CH4/c1-4(2)5-3;1-3-4-5-2;;;/h4H,1-3H3;3-4H2,1-2H3;3*1H4. The fourth-order valence-electron chi connectivity index (χ4n) is 0.204. The van der Waals surface area contributed by atoms with E-state index in [2.05, 4.69) is 6.92 Å². The van der Waals surface area contributed by atoms with Crippen LogP contribution in [0.5, 0.6) is 0 Å². The van der Waals surface area contributed by atoms with Gasteiger partial charge >= 0.3 is 0 Å². The largest absolute Gasteiger partial charge is 0.385 e. The van der Waals surface area contributed by atoms with Gasteiger partial charge in [0.1, 0.15) is 0 Å². The molecule has 0 aliphatic carbocycles. The third-order valence-corrected chi connectivity index (χ3v) is 0.880. The van der Waals surface area contributed by atoms with Gasteiger partial charge < -0.3 is 9.47 Å². The Bertz CT molecular complexity index is 43.4. The minimum atomic E-state index is 0. The van der Waals surface area contributed by atoms with E-state index in [0.29, 0.717) is 6.10 Å². The first-order chi connectivity index (χ1) is 4.68. The summed E-state index contributed by atoms with van der Waals surface area (Å²) in [6.07, 6.45) is 1.51. The summed E-state index contributed by atoms with van der Waals surface area (Å²) in [7, 11) is 3.41. The van der Waals surface area contributed by atoms with E-state index < -0.39 is 0 Å². The summed E-state index contributed by atoms with van der Waals surface area (Å²) in [5.74, 6) is 0. The van der Waals surface area contributed by atoms with Crippen LogP contribution in [0.15, 0.2) is 0 Å². The van der Waals surface area contributed by atoms with Gasteiger partial charge in [-0.25, -0.2) is 0 Å². The van der Waals surface area contributed by atoms with Gasteiger partial charge in [0, 0.05) is 20.8 Å². The summed E-state index contributed by atoms with van der Waals surface area (Å²) in [5, 5.41) is 0. The highest BCUT2D eigenvalue weighted by Gasteiger charge is 1.78. The highest BCUT2D eigenvalue weighted by Crippen LogP contribution is 1.77. The lowest BCUT2D eigenvalue weighted by Crippen LogP contribution is -1.94. The molecule has 0 spiro atoms. The molecule has 2 heteroatoms. The van der Waals surface area contributed by atoms with Crippen molar-refractivity contribution in [2.75, 3.05) is 20.8 Å². The van der Waals surface area contributed by atoms with Crippen molar-refractivity contribution < 1.29 is 9.47 Å². The molecular weight excluding hydrogens is 164 g/mol. The van der Waals surface area contributed by atoms with E-state index in [-0.39, 0.29) is 22.3 Å². The highest BCUT2D eigenvalue weighted by molar-refractivity contribution is 4.27. The Morgan fingerprint density at radius 1 is 1.00 bits per heavy atom. The van der Waals surface area contributed by atoms with E-state index in [4.69, 9.17) is 9.47 Å². The van der Waals surface area contributed by atoms with Crippen molar-refractivity contribution in [3.05, 3.63) is 0 Å². The molecule has 0 unspecified atom stereocenters. The Kier molecular flexibility index (Phi) is 66.8. The first kappa shape index (κ1) is 29.3. The Labute approximate surface area is 86.6 Å². The molecule has 88 valence electrons. The van der Waals surface area contributed by atoms with Gasteiger partial charge in [0.15, 0.2) is 0 Å². The molecule has 0 saturated carbocycles. The molecule has 0 bridgehead atoms. The SMILES string of the molecule is C.C.C.CCCOC.COC(C)C. The molecule has 0 aromatic rings. The summed E-state index contributed by atoms with van der Waals surface area (Å²) < 4.78 is 9.44. The molecule has 0 fully saturated rings. The van der Waals surface area contributed by atoms with Crippen LogP contribution in [0.4, 0.5) is 0 Å². The zero-order valence-corrected chi connectivity index (χ0v) is 7.81. The van der Waals surface area contributed by atoms with E-state index in [1.807, 2.05) is 13.8 Å². The minimum absolute atomic E-state index is 0. The van der Waals surface area contributed by atoms with E-state index >= 15 is 0 Å². The number of methoxy groups -OCH3 is 2. The molecule has 0 aliphatic rings. The Morgan fingerprint density at radius 3 is 1.31 bits per heavy atom. The van der Waals surface area contributed by atoms with Crippen molar-refractivity contribution in [2.45, 2.75) is 55.6 Å². The van der Waals surface area contributed by atoms with Gasteiger partial charge in [0.25, 0.3) is 0 Å². The second-order valence-corrected chi connectivity index (χ2v) is 2.28. The lowest BCUT2D eigenvalue weighted by molar-refractivity contribution is 0.134. The first-order valence-electron chi connectivity index (χ1n) is 3.70. The molecule has 0 aromatic carbocycles. The van der Waals surface area contributed by atoms with E-state index in [9.17, 15) is 0 Å². The van der Waals surface area contributed by atoms with Crippen molar-refractivity contribution in [1.82, 2.24) is 0 Å². The second kappa shape index (κ2) is 29.7. The second-order valence-electron chi connectivity index (χ2n) is 2.28. The Morgan fingerprint density at radius 2 is 1.31 bits per heavy atom. The van der Waals surface area contributed by atoms with Crippen LogP contribution in [-0.2, 0) is 9.47 Å². The van der Waals surface area contributed by atoms with E-state index in [1.165, 1.54) is 0 Å². The third-order valence-electron chi connectivity index (χ3n) is 0.880. The summed E-state index contributed by atoms with van der Waals surface area (Å²) in [6.45, 7) is 6.98. The number of ether oxygens (including phenoxy) is 2. The summed E-state index contributed by atoms with van der Waals surface area (Å²) in [6, 6.07) is 0. The molecule has 13 heavy (non-hydrogen) atoms. The van der Waals surface area contributed by atoms with Crippen LogP contribution in [-0.4, -0.2) is 26.9 Å². The normalized spacial score (nSPS) is 6.92. The maximum Gasteiger partial charge on any atom is 0.0515 e. The quantitative estimate of drug-likeness (QED) is 0.679. The average Bonchev–Trinajstić information content (AvgIpc) is 1.91. The van der Waals surface area contributed by atoms with Crippen LogP contribution >= 0.6 is 0 Å². The van der Waals surface area contributed by atoms with Gasteiger partial charge in [-0.05, 0) is 20.3 Å². The predicted octanol–water partition coefficient (Wildman–Crippen LogP) is 3.99. The molecule has 0 rings (SSSR count). The van der Waals surface area contributed by atoms with Crippen LogP contribution < -0.4 is 0 Å². The van der Waals surface area contributed by atoms with Gasteiger partial charge in [-0.15, -0.1) is 0 Å². The van der Waals surface area contributed by atoms with Crippen molar-refractivity contribution in [2.24, 2.45) is 0 Å². The van der Waals surface area contributed by atoms with Crippen molar-refractivity contribution >= 4 is 0 Å². The smallest absolute Gasteiger partial charge is 0.0515 e. The van der Waals surface area contributed by atoms with Crippen molar-refractivity contribution in [3.63, 3.8) is 0 Å². The number of rotatable bonds is 3. The molecule has 0 atom stereocenters. The van der Waals surface area contributed by atoms with Crippen LogP contribution in [0.1, 0.15) is 49.5 Å². The van der Waals surface area contributed by atoms with Crippen LogP contribution in [0.3, 0.4) is 0 Å². The topological polar surface area (TPSA) is 18.5 Å². The van der Waals surface area contributed by atoms with E-state index in [0.717, 1.165) is 13.0 Å². The molecule has 0 saturated heterocycles. The molecule has 0 N–H and O–H groups in total. The predicted molar refractivity (Wildman–Crippen MR) is 64.5 cm³/mol.